The third kappa shape index (κ3) is 3.51. The molecule has 0 fully saturated rings. The second kappa shape index (κ2) is 5.46. The lowest BCUT2D eigenvalue weighted by Gasteiger charge is -2.16. The fourth-order valence-electron chi connectivity index (χ4n) is 1.20. The molecule has 5 nitrogen and oxygen atoms in total. The van der Waals surface area contributed by atoms with Gasteiger partial charge in [-0.05, 0) is 12.0 Å². The maximum atomic E-state index is 10.6. The lowest BCUT2D eigenvalue weighted by Crippen LogP contribution is -2.33. The first-order valence-electron chi connectivity index (χ1n) is 5.24. The number of nitro groups is 1. The summed E-state index contributed by atoms with van der Waals surface area (Å²) in [6.07, 6.45) is 0. The predicted molar refractivity (Wildman–Crippen MR) is 64.4 cm³/mol. The van der Waals surface area contributed by atoms with Crippen LogP contribution in [0, 0.1) is 16.0 Å². The summed E-state index contributed by atoms with van der Waals surface area (Å²) in [5.41, 5.74) is 6.68. The Balaban J connectivity index is 2.61. The van der Waals surface area contributed by atoms with E-state index >= 15 is 0 Å². The monoisotopic (exact) mass is 223 g/mol. The highest BCUT2D eigenvalue weighted by molar-refractivity contribution is 5.50. The molecule has 1 atom stereocenters. The van der Waals surface area contributed by atoms with Crippen LogP contribution in [-0.4, -0.2) is 17.5 Å². The van der Waals surface area contributed by atoms with Crippen molar-refractivity contribution < 1.29 is 4.92 Å². The van der Waals surface area contributed by atoms with E-state index in [1.807, 2.05) is 13.8 Å². The Labute approximate surface area is 94.8 Å². The SMILES string of the molecule is CC(C)C(N)CNc1cccc([N+](=O)[O-])c1. The fourth-order valence-corrected chi connectivity index (χ4v) is 1.20. The molecule has 0 aliphatic rings. The molecule has 0 amide bonds. The molecule has 16 heavy (non-hydrogen) atoms. The number of nitrogens with zero attached hydrogens (tertiary/aromatic N) is 1. The van der Waals surface area contributed by atoms with E-state index in [0.29, 0.717) is 12.5 Å². The molecule has 0 aromatic heterocycles. The summed E-state index contributed by atoms with van der Waals surface area (Å²) in [5.74, 6) is 0.381. The van der Waals surface area contributed by atoms with E-state index in [2.05, 4.69) is 5.32 Å². The third-order valence-electron chi connectivity index (χ3n) is 2.46. The van der Waals surface area contributed by atoms with E-state index < -0.39 is 4.92 Å². The number of anilines is 1. The molecule has 0 saturated carbocycles. The van der Waals surface area contributed by atoms with Crippen LogP contribution in [0.2, 0.25) is 0 Å². The zero-order valence-electron chi connectivity index (χ0n) is 9.51. The molecule has 0 spiro atoms. The predicted octanol–water partition coefficient (Wildman–Crippen LogP) is 1.99. The van der Waals surface area contributed by atoms with E-state index in [9.17, 15) is 10.1 Å². The van der Waals surface area contributed by atoms with E-state index in [0.717, 1.165) is 5.69 Å². The van der Waals surface area contributed by atoms with Crippen molar-refractivity contribution in [2.75, 3.05) is 11.9 Å². The zero-order valence-corrected chi connectivity index (χ0v) is 9.51. The van der Waals surface area contributed by atoms with Crippen molar-refractivity contribution in [2.24, 2.45) is 11.7 Å². The van der Waals surface area contributed by atoms with E-state index in [1.165, 1.54) is 12.1 Å². The minimum atomic E-state index is -0.409. The highest BCUT2D eigenvalue weighted by Gasteiger charge is 2.08. The summed E-state index contributed by atoms with van der Waals surface area (Å²) in [5, 5.41) is 13.6. The van der Waals surface area contributed by atoms with E-state index in [-0.39, 0.29) is 11.7 Å². The minimum absolute atomic E-state index is 0.0410. The van der Waals surface area contributed by atoms with Gasteiger partial charge in [0.2, 0.25) is 0 Å². The Morgan fingerprint density at radius 3 is 2.75 bits per heavy atom. The first-order chi connectivity index (χ1) is 7.50. The summed E-state index contributed by atoms with van der Waals surface area (Å²) in [6.45, 7) is 4.69. The molecular weight excluding hydrogens is 206 g/mol. The van der Waals surface area contributed by atoms with Crippen molar-refractivity contribution >= 4 is 11.4 Å². The first-order valence-corrected chi connectivity index (χ1v) is 5.24. The van der Waals surface area contributed by atoms with Gasteiger partial charge in [-0.2, -0.15) is 0 Å². The van der Waals surface area contributed by atoms with Crippen LogP contribution in [0.5, 0.6) is 0 Å². The summed E-state index contributed by atoms with van der Waals surface area (Å²) in [6, 6.07) is 6.46. The van der Waals surface area contributed by atoms with Crippen molar-refractivity contribution in [1.29, 1.82) is 0 Å². The smallest absolute Gasteiger partial charge is 0.271 e. The Morgan fingerprint density at radius 2 is 2.19 bits per heavy atom. The highest BCUT2D eigenvalue weighted by Crippen LogP contribution is 2.17. The fraction of sp³-hybridized carbons (Fsp3) is 0.455. The summed E-state index contributed by atoms with van der Waals surface area (Å²) in [7, 11) is 0. The number of nitrogens with two attached hydrogens (primary N) is 1. The lowest BCUT2D eigenvalue weighted by molar-refractivity contribution is -0.384. The number of rotatable bonds is 5. The number of nitro benzene ring substituents is 1. The van der Waals surface area contributed by atoms with Gasteiger partial charge in [0, 0.05) is 30.4 Å². The van der Waals surface area contributed by atoms with E-state index in [4.69, 9.17) is 5.73 Å². The molecule has 1 aromatic carbocycles. The van der Waals surface area contributed by atoms with Gasteiger partial charge in [-0.15, -0.1) is 0 Å². The second-order valence-electron chi connectivity index (χ2n) is 4.10. The third-order valence-corrected chi connectivity index (χ3v) is 2.46. The summed E-state index contributed by atoms with van der Waals surface area (Å²) >= 11 is 0. The molecule has 1 rings (SSSR count). The van der Waals surface area contributed by atoms with Crippen molar-refractivity contribution in [3.63, 3.8) is 0 Å². The van der Waals surface area contributed by atoms with Crippen LogP contribution >= 0.6 is 0 Å². The van der Waals surface area contributed by atoms with Gasteiger partial charge in [-0.3, -0.25) is 10.1 Å². The van der Waals surface area contributed by atoms with E-state index in [1.54, 1.807) is 12.1 Å². The Bertz CT molecular complexity index is 366. The largest absolute Gasteiger partial charge is 0.383 e. The molecule has 0 aliphatic heterocycles. The standard InChI is InChI=1S/C11H17N3O2/c1-8(2)11(12)7-13-9-4-3-5-10(6-9)14(15)16/h3-6,8,11,13H,7,12H2,1-2H3. The average molecular weight is 223 g/mol. The van der Waals surface area contributed by atoms with Crippen molar-refractivity contribution in [3.05, 3.63) is 34.4 Å². The van der Waals surface area contributed by atoms with Gasteiger partial charge in [0.1, 0.15) is 0 Å². The topological polar surface area (TPSA) is 81.2 Å². The van der Waals surface area contributed by atoms with Gasteiger partial charge >= 0.3 is 0 Å². The molecule has 0 aliphatic carbocycles. The minimum Gasteiger partial charge on any atom is -0.383 e. The molecule has 0 bridgehead atoms. The van der Waals surface area contributed by atoms with Crippen LogP contribution in [-0.2, 0) is 0 Å². The quantitative estimate of drug-likeness (QED) is 0.590. The molecule has 1 unspecified atom stereocenters. The lowest BCUT2D eigenvalue weighted by atomic mass is 10.1. The molecule has 1 aromatic rings. The summed E-state index contributed by atoms with van der Waals surface area (Å²) in [4.78, 5) is 10.1. The maximum absolute atomic E-state index is 10.6. The number of hydrogen-bond donors (Lipinski definition) is 2. The van der Waals surface area contributed by atoms with Crippen LogP contribution in [0.25, 0.3) is 0 Å². The molecule has 3 N–H and O–H groups in total. The van der Waals surface area contributed by atoms with Gasteiger partial charge in [0.15, 0.2) is 0 Å². The first kappa shape index (κ1) is 12.4. The van der Waals surface area contributed by atoms with Gasteiger partial charge in [0.25, 0.3) is 5.69 Å². The zero-order chi connectivity index (χ0) is 12.1. The average Bonchev–Trinajstić information content (AvgIpc) is 2.26. The summed E-state index contributed by atoms with van der Waals surface area (Å²) < 4.78 is 0. The second-order valence-corrected chi connectivity index (χ2v) is 4.10. The number of nitrogens with one attached hydrogen (secondary N) is 1. The van der Waals surface area contributed by atoms with Gasteiger partial charge in [-0.1, -0.05) is 19.9 Å². The Morgan fingerprint density at radius 1 is 1.50 bits per heavy atom. The van der Waals surface area contributed by atoms with Gasteiger partial charge < -0.3 is 11.1 Å². The van der Waals surface area contributed by atoms with Crippen molar-refractivity contribution in [1.82, 2.24) is 0 Å². The van der Waals surface area contributed by atoms with Crippen LogP contribution < -0.4 is 11.1 Å². The Kier molecular flexibility index (Phi) is 4.25. The van der Waals surface area contributed by atoms with Crippen LogP contribution in [0.3, 0.4) is 0 Å². The molecule has 88 valence electrons. The molecule has 0 radical (unpaired) electrons. The Hall–Kier alpha value is -1.62. The van der Waals surface area contributed by atoms with Gasteiger partial charge in [-0.25, -0.2) is 0 Å². The van der Waals surface area contributed by atoms with Crippen LogP contribution in [0.15, 0.2) is 24.3 Å². The molecule has 5 heteroatoms. The molecule has 0 heterocycles. The number of hydrogen-bond acceptors (Lipinski definition) is 4. The van der Waals surface area contributed by atoms with Gasteiger partial charge in [0.05, 0.1) is 4.92 Å². The van der Waals surface area contributed by atoms with Crippen molar-refractivity contribution in [2.45, 2.75) is 19.9 Å². The van der Waals surface area contributed by atoms with Crippen LogP contribution in [0.1, 0.15) is 13.8 Å². The number of non-ortho nitro benzene ring substituents is 1. The normalized spacial score (nSPS) is 12.5. The van der Waals surface area contributed by atoms with Crippen LogP contribution in [0.4, 0.5) is 11.4 Å². The molecular formula is C11H17N3O2. The van der Waals surface area contributed by atoms with Crippen molar-refractivity contribution in [3.8, 4) is 0 Å². The molecule has 0 saturated heterocycles. The maximum Gasteiger partial charge on any atom is 0.271 e. The highest BCUT2D eigenvalue weighted by atomic mass is 16.6. The number of benzene rings is 1.